The highest BCUT2D eigenvalue weighted by atomic mass is 16.9. The highest BCUT2D eigenvalue weighted by Crippen LogP contribution is 2.44. The van der Waals surface area contributed by atoms with Crippen LogP contribution in [0.5, 0.6) is 0 Å². The van der Waals surface area contributed by atoms with Gasteiger partial charge in [0.2, 0.25) is 0 Å². The topological polar surface area (TPSA) is 283 Å². The first-order chi connectivity index (χ1) is 29.4. The van der Waals surface area contributed by atoms with E-state index in [0.29, 0.717) is 0 Å². The lowest BCUT2D eigenvalue weighted by atomic mass is 9.95. The Bertz CT molecular complexity index is 1800. The predicted octanol–water partition coefficient (Wildman–Crippen LogP) is 0.177. The number of esters is 7. The van der Waals surface area contributed by atoms with Crippen LogP contribution in [0.3, 0.4) is 0 Å². The first-order valence-electron chi connectivity index (χ1n) is 20.0. The van der Waals surface area contributed by atoms with Crippen LogP contribution < -0.4 is 0 Å². The normalized spacial score (nSPS) is 36.1. The molecular weight excluding hydrogens is 848 g/mol. The summed E-state index contributed by atoms with van der Waals surface area (Å²) in [6.45, 7) is 13.1. The molecule has 15 atom stereocenters. The van der Waals surface area contributed by atoms with E-state index in [0.717, 1.165) is 48.5 Å². The Labute approximate surface area is 361 Å². The van der Waals surface area contributed by atoms with Crippen LogP contribution in [0.2, 0.25) is 0 Å². The summed E-state index contributed by atoms with van der Waals surface area (Å²) in [5.74, 6) is -8.04. The number of hydrogen-bond donors (Lipinski definition) is 0. The van der Waals surface area contributed by atoms with E-state index in [1.807, 2.05) is 0 Å². The minimum absolute atomic E-state index is 0.0792. The predicted molar refractivity (Wildman–Crippen MR) is 200 cm³/mol. The summed E-state index contributed by atoms with van der Waals surface area (Å²) in [6, 6.07) is 2.53. The van der Waals surface area contributed by atoms with Crippen molar-refractivity contribution in [3.05, 3.63) is 0 Å². The molecule has 0 amide bonds. The van der Waals surface area contributed by atoms with Gasteiger partial charge in [0.15, 0.2) is 60.9 Å². The Hall–Kier alpha value is -4.65. The molecule has 0 aromatic carbocycles. The molecule has 5 aliphatic heterocycles. The van der Waals surface area contributed by atoms with Crippen LogP contribution in [0.4, 0.5) is 0 Å². The van der Waals surface area contributed by atoms with Crippen molar-refractivity contribution in [3.8, 4) is 0 Å². The van der Waals surface area contributed by atoms with Gasteiger partial charge in [-0.05, 0) is 27.7 Å². The lowest BCUT2D eigenvalue weighted by molar-refractivity contribution is -0.344. The first kappa shape index (κ1) is 49.4. The average molecular weight is 903 g/mol. The monoisotopic (exact) mass is 902 g/mol. The molecule has 5 fully saturated rings. The molecule has 0 aliphatic carbocycles. The summed E-state index contributed by atoms with van der Waals surface area (Å²) < 4.78 is 87.2. The fourth-order valence-electron chi connectivity index (χ4n) is 7.69. The van der Waals surface area contributed by atoms with Gasteiger partial charge in [0.1, 0.15) is 55.9 Å². The first-order valence-corrected chi connectivity index (χ1v) is 20.0. The lowest BCUT2D eigenvalue weighted by Crippen LogP contribution is -2.67. The summed E-state index contributed by atoms with van der Waals surface area (Å²) in [5.41, 5.74) is 0. The van der Waals surface area contributed by atoms with Gasteiger partial charge in [-0.3, -0.25) is 33.6 Å². The van der Waals surface area contributed by atoms with E-state index in [-0.39, 0.29) is 6.54 Å². The quantitative estimate of drug-likeness (QED) is 0.128. The van der Waals surface area contributed by atoms with Crippen LogP contribution in [-0.4, -0.2) is 171 Å². The molecule has 0 aromatic rings. The number of carbonyl (C=O) groups is 7. The van der Waals surface area contributed by atoms with Crippen molar-refractivity contribution in [2.75, 3.05) is 19.8 Å². The molecule has 0 aromatic heterocycles. The average Bonchev–Trinajstić information content (AvgIpc) is 3.62. The molecule has 24 nitrogen and oxygen atoms in total. The standard InChI is InChI=1S/C39H54N2O22/c1-16(42)49-13-24-28(58-36-33(55-22(7)48)30(53-20(5)46)27(51-18(3)44)25(57-36)14-50-17(2)43)29(52-19(4)45)32(54-21(6)47)35(56-24)41-15-40-12-23-26-31(61-38(8,9)60-23)34-37(59-26)63-39(10,11)62-34/h23-37H,12-14H2,1-11H3/t23-,24-,25-,26-,27-,28-,29+,30+,31+,32-,33-,34-,35-,36+,37-/m1/s1. The molecule has 63 heavy (non-hydrogen) atoms. The molecule has 5 aliphatic rings. The third-order valence-electron chi connectivity index (χ3n) is 9.68. The lowest BCUT2D eigenvalue weighted by Gasteiger charge is -2.48. The third kappa shape index (κ3) is 13.0. The fraction of sp³-hybridized carbons (Fsp3) is 0.795. The second kappa shape index (κ2) is 20.5. The van der Waals surface area contributed by atoms with Crippen molar-refractivity contribution in [2.24, 2.45) is 9.98 Å². The third-order valence-corrected chi connectivity index (χ3v) is 9.68. The van der Waals surface area contributed by atoms with Crippen molar-refractivity contribution in [1.29, 1.82) is 0 Å². The van der Waals surface area contributed by atoms with Crippen molar-refractivity contribution in [2.45, 2.75) is 180 Å². The van der Waals surface area contributed by atoms with Gasteiger partial charge in [-0.2, -0.15) is 4.99 Å². The van der Waals surface area contributed by atoms with Crippen LogP contribution in [0.1, 0.15) is 76.2 Å². The molecule has 0 bridgehead atoms. The smallest absolute Gasteiger partial charge is 0.303 e. The summed E-state index contributed by atoms with van der Waals surface area (Å²) >= 11 is 0. The number of aliphatic imine (C=N–C) groups is 2. The molecule has 352 valence electrons. The van der Waals surface area contributed by atoms with E-state index in [9.17, 15) is 33.6 Å². The molecule has 0 unspecified atom stereocenters. The summed E-state index contributed by atoms with van der Waals surface area (Å²) in [4.78, 5) is 95.2. The molecular formula is C39H54N2O22. The summed E-state index contributed by atoms with van der Waals surface area (Å²) in [7, 11) is 0. The SMILES string of the molecule is CC(=O)OC[C@H]1O[C@@H](N=C=NC[C@H]2OC(C)(C)O[C@@H]3[C@H]4OC(C)(C)O[C@H]4O[C@@H]32)[C@H](OC(C)=O)[C@@H](OC(C)=O)[C@@H]1O[C@@H]1O[C@H](COC(C)=O)[C@@H](OC(C)=O)[C@H](OC(C)=O)[C@H]1OC(C)=O. The van der Waals surface area contributed by atoms with Gasteiger partial charge >= 0.3 is 41.8 Å². The number of ether oxygens (including phenoxy) is 15. The minimum atomic E-state index is -1.84. The molecule has 5 heterocycles. The molecule has 24 heteroatoms. The highest BCUT2D eigenvalue weighted by molar-refractivity contribution is 5.69. The van der Waals surface area contributed by atoms with E-state index in [2.05, 4.69) is 16.0 Å². The Kier molecular flexibility index (Phi) is 16.0. The maximum Gasteiger partial charge on any atom is 0.303 e. The second-order valence-electron chi connectivity index (χ2n) is 16.0. The van der Waals surface area contributed by atoms with Gasteiger partial charge in [-0.1, -0.05) is 0 Å². The van der Waals surface area contributed by atoms with Crippen LogP contribution in [0.15, 0.2) is 9.98 Å². The van der Waals surface area contributed by atoms with Crippen LogP contribution in [0, 0.1) is 0 Å². The Morgan fingerprint density at radius 1 is 0.492 bits per heavy atom. The van der Waals surface area contributed by atoms with E-state index in [1.165, 1.54) is 0 Å². The van der Waals surface area contributed by atoms with Crippen molar-refractivity contribution in [3.63, 3.8) is 0 Å². The van der Waals surface area contributed by atoms with Gasteiger partial charge in [0, 0.05) is 48.5 Å². The second-order valence-corrected chi connectivity index (χ2v) is 16.0. The molecule has 5 saturated heterocycles. The zero-order valence-corrected chi connectivity index (χ0v) is 36.7. The van der Waals surface area contributed by atoms with E-state index < -0.39 is 159 Å². The van der Waals surface area contributed by atoms with E-state index >= 15 is 0 Å². The van der Waals surface area contributed by atoms with Crippen LogP contribution >= 0.6 is 0 Å². The maximum atomic E-state index is 12.8. The van der Waals surface area contributed by atoms with Gasteiger partial charge in [-0.15, -0.1) is 0 Å². The molecule has 0 spiro atoms. The van der Waals surface area contributed by atoms with E-state index in [1.54, 1.807) is 27.7 Å². The van der Waals surface area contributed by atoms with Gasteiger partial charge in [0.05, 0.1) is 12.6 Å². The van der Waals surface area contributed by atoms with Gasteiger partial charge < -0.3 is 71.1 Å². The number of hydrogen-bond acceptors (Lipinski definition) is 24. The summed E-state index contributed by atoms with van der Waals surface area (Å²) in [5, 5.41) is 0. The zero-order valence-electron chi connectivity index (χ0n) is 36.7. The van der Waals surface area contributed by atoms with Gasteiger partial charge in [0.25, 0.3) is 0 Å². The molecule has 5 rings (SSSR count). The van der Waals surface area contributed by atoms with Crippen LogP contribution in [0.25, 0.3) is 0 Å². The highest BCUT2D eigenvalue weighted by Gasteiger charge is 2.61. The number of nitrogens with zero attached hydrogens (tertiary/aromatic N) is 2. The largest absolute Gasteiger partial charge is 0.463 e. The minimum Gasteiger partial charge on any atom is -0.463 e. The Balaban J connectivity index is 1.49. The number of carbonyl (C=O) groups excluding carboxylic acids is 7. The van der Waals surface area contributed by atoms with Crippen molar-refractivity contribution >= 4 is 47.8 Å². The molecule has 0 saturated carbocycles. The van der Waals surface area contributed by atoms with Crippen molar-refractivity contribution in [1.82, 2.24) is 0 Å². The Morgan fingerprint density at radius 3 is 1.52 bits per heavy atom. The van der Waals surface area contributed by atoms with Crippen LogP contribution in [-0.2, 0) is 105 Å². The molecule has 0 N–H and O–H groups in total. The fourth-order valence-corrected chi connectivity index (χ4v) is 7.69. The summed E-state index contributed by atoms with van der Waals surface area (Å²) in [6.07, 6.45) is -19.4. The van der Waals surface area contributed by atoms with Crippen molar-refractivity contribution < 1.29 is 105 Å². The zero-order chi connectivity index (χ0) is 46.6. The number of rotatable bonds is 14. The number of fused-ring (bicyclic) bond motifs is 3. The maximum absolute atomic E-state index is 12.8. The molecule has 0 radical (unpaired) electrons. The van der Waals surface area contributed by atoms with E-state index in [4.69, 9.17) is 71.1 Å². The Morgan fingerprint density at radius 2 is 0.968 bits per heavy atom. The van der Waals surface area contributed by atoms with Gasteiger partial charge in [-0.25, -0.2) is 4.99 Å².